The summed E-state index contributed by atoms with van der Waals surface area (Å²) in [6.45, 7) is 8.58. The first-order chi connectivity index (χ1) is 12.8. The molecule has 7 heteroatoms. The van der Waals surface area contributed by atoms with Crippen LogP contribution in [0.1, 0.15) is 30.7 Å². The van der Waals surface area contributed by atoms with Crippen LogP contribution >= 0.6 is 24.0 Å². The third-order valence-electron chi connectivity index (χ3n) is 3.61. The van der Waals surface area contributed by atoms with Gasteiger partial charge >= 0.3 is 0 Å². The molecule has 27 heavy (non-hydrogen) atoms. The molecule has 6 nitrogen and oxygen atoms in total. The number of hydrogen-bond donors (Lipinski definition) is 2. The second-order valence-corrected chi connectivity index (χ2v) is 5.70. The highest BCUT2D eigenvalue weighted by Crippen LogP contribution is 2.08. The molecule has 0 spiro atoms. The molecule has 0 aliphatic carbocycles. The molecule has 0 fully saturated rings. The van der Waals surface area contributed by atoms with E-state index in [9.17, 15) is 0 Å². The number of ether oxygens (including phenoxy) is 2. The molecular formula is C20H30IN3O3. The highest BCUT2D eigenvalue weighted by molar-refractivity contribution is 14.0. The van der Waals surface area contributed by atoms with Gasteiger partial charge in [0, 0.05) is 13.2 Å². The van der Waals surface area contributed by atoms with Gasteiger partial charge in [0.25, 0.3) is 0 Å². The molecule has 2 aromatic rings. The normalized spacial score (nSPS) is 11.1. The lowest BCUT2D eigenvalue weighted by Gasteiger charge is -2.10. The summed E-state index contributed by atoms with van der Waals surface area (Å²) in [5.41, 5.74) is 2.29. The maximum atomic E-state index is 5.62. The van der Waals surface area contributed by atoms with Gasteiger partial charge in [-0.15, -0.1) is 24.0 Å². The molecule has 0 bridgehead atoms. The molecule has 0 saturated heterocycles. The second kappa shape index (κ2) is 14.5. The molecule has 0 aliphatic heterocycles. The van der Waals surface area contributed by atoms with E-state index in [4.69, 9.17) is 13.9 Å². The van der Waals surface area contributed by atoms with Crippen LogP contribution in [-0.2, 0) is 29.2 Å². The van der Waals surface area contributed by atoms with Crippen molar-refractivity contribution in [2.75, 3.05) is 26.4 Å². The first-order valence-electron chi connectivity index (χ1n) is 9.09. The molecule has 2 N–H and O–H groups in total. The van der Waals surface area contributed by atoms with Crippen molar-refractivity contribution in [2.45, 2.75) is 33.5 Å². The van der Waals surface area contributed by atoms with E-state index >= 15 is 0 Å². The molecule has 1 aromatic carbocycles. The lowest BCUT2D eigenvalue weighted by molar-refractivity contribution is 0.0453. The Kier molecular flexibility index (Phi) is 12.6. The molecule has 0 aliphatic rings. The fraction of sp³-hybridized carbons (Fsp3) is 0.450. The fourth-order valence-corrected chi connectivity index (χ4v) is 2.37. The molecule has 150 valence electrons. The van der Waals surface area contributed by atoms with E-state index in [0.29, 0.717) is 32.9 Å². The van der Waals surface area contributed by atoms with Crippen molar-refractivity contribution in [3.63, 3.8) is 0 Å². The van der Waals surface area contributed by atoms with Crippen LogP contribution in [0.5, 0.6) is 0 Å². The van der Waals surface area contributed by atoms with Crippen LogP contribution in [0, 0.1) is 0 Å². The number of rotatable bonds is 11. The summed E-state index contributed by atoms with van der Waals surface area (Å²) in [5.74, 6) is 1.64. The largest absolute Gasteiger partial charge is 0.467 e. The first kappa shape index (κ1) is 23.5. The van der Waals surface area contributed by atoms with Crippen molar-refractivity contribution in [2.24, 2.45) is 4.99 Å². The summed E-state index contributed by atoms with van der Waals surface area (Å²) < 4.78 is 16.2. The highest BCUT2D eigenvalue weighted by Gasteiger charge is 2.01. The van der Waals surface area contributed by atoms with Crippen molar-refractivity contribution in [3.8, 4) is 0 Å². The molecule has 1 aromatic heterocycles. The summed E-state index contributed by atoms with van der Waals surface area (Å²) in [7, 11) is 0. The van der Waals surface area contributed by atoms with Gasteiger partial charge in [-0.25, -0.2) is 4.99 Å². The summed E-state index contributed by atoms with van der Waals surface area (Å²) in [5, 5.41) is 6.51. The number of furan rings is 1. The Morgan fingerprint density at radius 2 is 1.85 bits per heavy atom. The SMILES string of the molecule is CCNC(=NCc1cccc(COCCOCC)c1)NCc1ccco1.I. The smallest absolute Gasteiger partial charge is 0.191 e. The summed E-state index contributed by atoms with van der Waals surface area (Å²) in [4.78, 5) is 4.64. The van der Waals surface area contributed by atoms with Crippen molar-refractivity contribution in [1.82, 2.24) is 10.6 Å². The van der Waals surface area contributed by atoms with Gasteiger partial charge < -0.3 is 24.5 Å². The minimum atomic E-state index is 0. The zero-order valence-corrected chi connectivity index (χ0v) is 18.4. The van der Waals surface area contributed by atoms with Crippen molar-refractivity contribution in [1.29, 1.82) is 0 Å². The molecule has 0 radical (unpaired) electrons. The minimum absolute atomic E-state index is 0. The molecule has 0 saturated carbocycles. The zero-order chi connectivity index (χ0) is 18.5. The Morgan fingerprint density at radius 1 is 1.04 bits per heavy atom. The number of guanidine groups is 1. The van der Waals surface area contributed by atoms with E-state index in [0.717, 1.165) is 36.0 Å². The van der Waals surface area contributed by atoms with E-state index in [1.807, 2.05) is 32.0 Å². The molecule has 0 atom stereocenters. The van der Waals surface area contributed by atoms with Gasteiger partial charge in [-0.1, -0.05) is 24.3 Å². The predicted molar refractivity (Wildman–Crippen MR) is 118 cm³/mol. The van der Waals surface area contributed by atoms with Gasteiger partial charge in [0.2, 0.25) is 0 Å². The van der Waals surface area contributed by atoms with Gasteiger partial charge in [-0.3, -0.25) is 0 Å². The van der Waals surface area contributed by atoms with E-state index in [-0.39, 0.29) is 24.0 Å². The number of aliphatic imine (C=N–C) groups is 1. The van der Waals surface area contributed by atoms with Crippen molar-refractivity contribution in [3.05, 3.63) is 59.5 Å². The van der Waals surface area contributed by atoms with E-state index in [2.05, 4.69) is 33.8 Å². The monoisotopic (exact) mass is 487 g/mol. The van der Waals surface area contributed by atoms with Crippen LogP contribution in [-0.4, -0.2) is 32.3 Å². The Hall–Kier alpha value is -1.58. The molecule has 0 unspecified atom stereocenters. The standard InChI is InChI=1S/C20H29N3O3.HI/c1-3-21-20(23-15-19-9-6-10-26-19)22-14-17-7-5-8-18(13-17)16-25-12-11-24-4-2;/h5-10,13H,3-4,11-12,14-16H2,1-2H3,(H2,21,22,23);1H. The van der Waals surface area contributed by atoms with Gasteiger partial charge in [0.05, 0.1) is 39.2 Å². The van der Waals surface area contributed by atoms with Crippen molar-refractivity contribution < 1.29 is 13.9 Å². The van der Waals surface area contributed by atoms with Crippen LogP contribution in [0.25, 0.3) is 0 Å². The summed E-state index contributed by atoms with van der Waals surface area (Å²) in [6, 6.07) is 12.1. The van der Waals surface area contributed by atoms with E-state index in [1.54, 1.807) is 6.26 Å². The van der Waals surface area contributed by atoms with Crippen LogP contribution in [0.4, 0.5) is 0 Å². The number of halogens is 1. The average molecular weight is 487 g/mol. The average Bonchev–Trinajstić information content (AvgIpc) is 3.18. The predicted octanol–water partition coefficient (Wildman–Crippen LogP) is 3.71. The minimum Gasteiger partial charge on any atom is -0.467 e. The highest BCUT2D eigenvalue weighted by atomic mass is 127. The lowest BCUT2D eigenvalue weighted by Crippen LogP contribution is -2.36. The Morgan fingerprint density at radius 3 is 2.59 bits per heavy atom. The van der Waals surface area contributed by atoms with Crippen LogP contribution < -0.4 is 10.6 Å². The molecular weight excluding hydrogens is 457 g/mol. The van der Waals surface area contributed by atoms with Gasteiger partial charge in [-0.05, 0) is 37.1 Å². The van der Waals surface area contributed by atoms with Crippen LogP contribution in [0.15, 0.2) is 52.1 Å². The van der Waals surface area contributed by atoms with Gasteiger partial charge in [0.1, 0.15) is 5.76 Å². The van der Waals surface area contributed by atoms with Gasteiger partial charge in [0.15, 0.2) is 5.96 Å². The summed E-state index contributed by atoms with van der Waals surface area (Å²) >= 11 is 0. The fourth-order valence-electron chi connectivity index (χ4n) is 2.37. The maximum absolute atomic E-state index is 5.62. The quantitative estimate of drug-likeness (QED) is 0.219. The molecule has 2 rings (SSSR count). The number of nitrogens with one attached hydrogen (secondary N) is 2. The number of nitrogens with zero attached hydrogens (tertiary/aromatic N) is 1. The topological polar surface area (TPSA) is 68.0 Å². The Labute approximate surface area is 178 Å². The second-order valence-electron chi connectivity index (χ2n) is 5.70. The van der Waals surface area contributed by atoms with Gasteiger partial charge in [-0.2, -0.15) is 0 Å². The Bertz CT molecular complexity index is 648. The number of hydrogen-bond acceptors (Lipinski definition) is 4. The van der Waals surface area contributed by atoms with Crippen molar-refractivity contribution >= 4 is 29.9 Å². The molecule has 1 heterocycles. The third-order valence-corrected chi connectivity index (χ3v) is 3.61. The Balaban J connectivity index is 0.00000364. The zero-order valence-electron chi connectivity index (χ0n) is 16.1. The third kappa shape index (κ3) is 9.78. The van der Waals surface area contributed by atoms with Crippen LogP contribution in [0.3, 0.4) is 0 Å². The number of benzene rings is 1. The van der Waals surface area contributed by atoms with E-state index < -0.39 is 0 Å². The molecule has 0 amide bonds. The maximum Gasteiger partial charge on any atom is 0.191 e. The first-order valence-corrected chi connectivity index (χ1v) is 9.09. The van der Waals surface area contributed by atoms with E-state index in [1.165, 1.54) is 0 Å². The lowest BCUT2D eigenvalue weighted by atomic mass is 10.1. The van der Waals surface area contributed by atoms with Crippen LogP contribution in [0.2, 0.25) is 0 Å². The summed E-state index contributed by atoms with van der Waals surface area (Å²) in [6.07, 6.45) is 1.67.